The van der Waals surface area contributed by atoms with Crippen molar-refractivity contribution in [2.45, 2.75) is 38.9 Å². The normalized spacial score (nSPS) is 18.0. The third kappa shape index (κ3) is 3.83. The van der Waals surface area contributed by atoms with E-state index in [2.05, 4.69) is 21.4 Å². The van der Waals surface area contributed by atoms with Gasteiger partial charge in [-0.05, 0) is 37.4 Å². The van der Waals surface area contributed by atoms with E-state index in [9.17, 15) is 9.90 Å². The maximum atomic E-state index is 12.1. The summed E-state index contributed by atoms with van der Waals surface area (Å²) in [5.74, 6) is -0.0373. The zero-order valence-corrected chi connectivity index (χ0v) is 13.9. The zero-order chi connectivity index (χ0) is 16.9. The lowest BCUT2D eigenvalue weighted by Crippen LogP contribution is -2.32. The van der Waals surface area contributed by atoms with Crippen LogP contribution in [0.4, 0.5) is 0 Å². The number of aryl methyl sites for hydroxylation is 1. The van der Waals surface area contributed by atoms with Gasteiger partial charge in [0.15, 0.2) is 0 Å². The monoisotopic (exact) mass is 329 g/mol. The molecule has 24 heavy (non-hydrogen) atoms. The van der Waals surface area contributed by atoms with Crippen molar-refractivity contribution in [3.05, 3.63) is 52.9 Å². The predicted molar refractivity (Wildman–Crippen MR) is 89.4 cm³/mol. The molecule has 2 N–H and O–H groups in total. The highest BCUT2D eigenvalue weighted by atomic mass is 16.5. The van der Waals surface area contributed by atoms with Crippen LogP contribution in [0, 0.1) is 6.92 Å². The van der Waals surface area contributed by atoms with E-state index in [-0.39, 0.29) is 24.3 Å². The van der Waals surface area contributed by atoms with Crippen LogP contribution in [-0.2, 0) is 13.1 Å². The number of amides is 1. The first-order valence-corrected chi connectivity index (χ1v) is 8.30. The molecule has 0 aliphatic carbocycles. The largest absolute Gasteiger partial charge is 0.395 e. The second kappa shape index (κ2) is 7.59. The molecule has 128 valence electrons. The lowest BCUT2D eigenvalue weighted by atomic mass is 10.1. The molecular weight excluding hydrogens is 306 g/mol. The highest BCUT2D eigenvalue weighted by molar-refractivity contribution is 5.91. The van der Waals surface area contributed by atoms with Crippen molar-refractivity contribution in [2.24, 2.45) is 0 Å². The van der Waals surface area contributed by atoms with Crippen molar-refractivity contribution in [3.63, 3.8) is 0 Å². The molecule has 1 amide bonds. The third-order valence-electron chi connectivity index (χ3n) is 4.49. The molecule has 1 aromatic heterocycles. The maximum absolute atomic E-state index is 12.1. The van der Waals surface area contributed by atoms with Crippen molar-refractivity contribution in [1.82, 2.24) is 15.4 Å². The van der Waals surface area contributed by atoms with Gasteiger partial charge in [0.05, 0.1) is 12.3 Å². The molecule has 2 aromatic rings. The average molecular weight is 329 g/mol. The van der Waals surface area contributed by atoms with Gasteiger partial charge in [-0.3, -0.25) is 9.69 Å². The van der Waals surface area contributed by atoms with Gasteiger partial charge in [-0.2, -0.15) is 0 Å². The molecule has 1 atom stereocenters. The minimum Gasteiger partial charge on any atom is -0.395 e. The lowest BCUT2D eigenvalue weighted by molar-refractivity contribution is 0.0913. The van der Waals surface area contributed by atoms with Crippen LogP contribution in [0.3, 0.4) is 0 Å². The molecule has 0 unspecified atom stereocenters. The fourth-order valence-electron chi connectivity index (χ4n) is 3.15. The van der Waals surface area contributed by atoms with E-state index in [0.717, 1.165) is 31.5 Å². The molecule has 0 radical (unpaired) electrons. The Labute approximate surface area is 141 Å². The van der Waals surface area contributed by atoms with Crippen molar-refractivity contribution in [2.75, 3.05) is 13.2 Å². The number of hydrogen-bond acceptors (Lipinski definition) is 5. The van der Waals surface area contributed by atoms with Crippen molar-refractivity contribution >= 4 is 5.91 Å². The molecule has 1 aromatic carbocycles. The van der Waals surface area contributed by atoms with Gasteiger partial charge in [-0.15, -0.1) is 0 Å². The van der Waals surface area contributed by atoms with Gasteiger partial charge >= 0.3 is 0 Å². The predicted octanol–water partition coefficient (Wildman–Crippen LogP) is 1.87. The van der Waals surface area contributed by atoms with E-state index < -0.39 is 0 Å². The molecule has 1 aliphatic rings. The first-order valence-electron chi connectivity index (χ1n) is 8.30. The second-order valence-electron chi connectivity index (χ2n) is 6.23. The minimum absolute atomic E-state index is 0.198. The van der Waals surface area contributed by atoms with E-state index in [1.54, 1.807) is 13.0 Å². The first kappa shape index (κ1) is 16.7. The Morgan fingerprint density at radius 2 is 2.21 bits per heavy atom. The van der Waals surface area contributed by atoms with Gasteiger partial charge in [-0.25, -0.2) is 0 Å². The average Bonchev–Trinajstić information content (AvgIpc) is 3.22. The van der Waals surface area contributed by atoms with Crippen LogP contribution in [0.15, 0.2) is 34.9 Å². The molecule has 6 heteroatoms. The van der Waals surface area contributed by atoms with Crippen molar-refractivity contribution in [1.29, 1.82) is 0 Å². The van der Waals surface area contributed by atoms with E-state index >= 15 is 0 Å². The van der Waals surface area contributed by atoms with Gasteiger partial charge < -0.3 is 14.9 Å². The number of likely N-dealkylation sites (tertiary alicyclic amines) is 1. The van der Waals surface area contributed by atoms with Gasteiger partial charge in [-0.1, -0.05) is 29.4 Å². The summed E-state index contributed by atoms with van der Waals surface area (Å²) in [6.07, 6.45) is 2.16. The Morgan fingerprint density at radius 3 is 2.92 bits per heavy atom. The molecule has 1 aliphatic heterocycles. The van der Waals surface area contributed by atoms with E-state index in [0.29, 0.717) is 12.2 Å². The molecule has 6 nitrogen and oxygen atoms in total. The summed E-state index contributed by atoms with van der Waals surface area (Å²) >= 11 is 0. The van der Waals surface area contributed by atoms with Crippen LogP contribution in [0.5, 0.6) is 0 Å². The van der Waals surface area contributed by atoms with E-state index in [1.807, 2.05) is 18.2 Å². The number of nitrogens with zero attached hydrogens (tertiary/aromatic N) is 2. The van der Waals surface area contributed by atoms with Gasteiger partial charge in [0.1, 0.15) is 0 Å². The Kier molecular flexibility index (Phi) is 5.27. The summed E-state index contributed by atoms with van der Waals surface area (Å²) in [7, 11) is 0. The van der Waals surface area contributed by atoms with Gasteiger partial charge in [0, 0.05) is 25.2 Å². The van der Waals surface area contributed by atoms with Crippen LogP contribution in [0.1, 0.15) is 40.2 Å². The Hall–Kier alpha value is -2.18. The fraction of sp³-hybridized carbons (Fsp3) is 0.444. The molecule has 0 spiro atoms. The standard InChI is InChI=1S/C18H23N3O3/c1-13-9-17(24-20-13)18(23)19-10-14-5-2-3-6-15(14)11-21-8-4-7-16(21)12-22/h2-3,5-6,9,16,22H,4,7-8,10-12H2,1H3,(H,19,23)/t16-/m1/s1. The molecule has 1 fully saturated rings. The zero-order valence-electron chi connectivity index (χ0n) is 13.9. The Morgan fingerprint density at radius 1 is 1.42 bits per heavy atom. The van der Waals surface area contributed by atoms with Gasteiger partial charge in [0.25, 0.3) is 5.91 Å². The number of aliphatic hydroxyl groups excluding tert-OH is 1. The topological polar surface area (TPSA) is 78.6 Å². The SMILES string of the molecule is Cc1cc(C(=O)NCc2ccccc2CN2CCC[C@@H]2CO)on1. The number of rotatable bonds is 6. The second-order valence-corrected chi connectivity index (χ2v) is 6.23. The lowest BCUT2D eigenvalue weighted by Gasteiger charge is -2.24. The van der Waals surface area contributed by atoms with Crippen LogP contribution in [0.2, 0.25) is 0 Å². The van der Waals surface area contributed by atoms with E-state index in [1.165, 1.54) is 5.56 Å². The molecule has 0 saturated carbocycles. The molecule has 2 heterocycles. The fourth-order valence-corrected chi connectivity index (χ4v) is 3.15. The minimum atomic E-state index is -0.264. The van der Waals surface area contributed by atoms with Crippen LogP contribution in [0.25, 0.3) is 0 Å². The smallest absolute Gasteiger partial charge is 0.290 e. The van der Waals surface area contributed by atoms with E-state index in [4.69, 9.17) is 4.52 Å². The Bertz CT molecular complexity index is 698. The summed E-state index contributed by atoms with van der Waals surface area (Å²) < 4.78 is 4.98. The first-order chi connectivity index (χ1) is 11.7. The van der Waals surface area contributed by atoms with Crippen LogP contribution < -0.4 is 5.32 Å². The Balaban J connectivity index is 1.64. The summed E-state index contributed by atoms with van der Waals surface area (Å²) in [5, 5.41) is 16.1. The number of aromatic nitrogens is 1. The van der Waals surface area contributed by atoms with Crippen molar-refractivity contribution < 1.29 is 14.4 Å². The number of aliphatic hydroxyl groups is 1. The number of carbonyl (C=O) groups is 1. The number of benzene rings is 1. The molecule has 1 saturated heterocycles. The summed E-state index contributed by atoms with van der Waals surface area (Å²) in [5.41, 5.74) is 2.93. The molecule has 0 bridgehead atoms. The summed E-state index contributed by atoms with van der Waals surface area (Å²) in [4.78, 5) is 14.4. The third-order valence-corrected chi connectivity index (χ3v) is 4.49. The molecular formula is C18H23N3O3. The highest BCUT2D eigenvalue weighted by Crippen LogP contribution is 2.21. The number of carbonyl (C=O) groups excluding carboxylic acids is 1. The highest BCUT2D eigenvalue weighted by Gasteiger charge is 2.24. The summed E-state index contributed by atoms with van der Waals surface area (Å²) in [6, 6.07) is 9.93. The van der Waals surface area contributed by atoms with Crippen molar-refractivity contribution in [3.8, 4) is 0 Å². The van der Waals surface area contributed by atoms with Crippen LogP contribution >= 0.6 is 0 Å². The van der Waals surface area contributed by atoms with Crippen LogP contribution in [-0.4, -0.2) is 40.3 Å². The summed E-state index contributed by atoms with van der Waals surface area (Å²) in [6.45, 7) is 4.21. The molecule has 3 rings (SSSR count). The number of nitrogens with one attached hydrogen (secondary N) is 1. The quantitative estimate of drug-likeness (QED) is 0.846. The van der Waals surface area contributed by atoms with Gasteiger partial charge in [0.2, 0.25) is 5.76 Å². The number of hydrogen-bond donors (Lipinski definition) is 2. The maximum Gasteiger partial charge on any atom is 0.290 e.